The molecule has 3 aliphatic rings. The third-order valence-electron chi connectivity index (χ3n) is 4.79. The molecule has 1 N–H and O–H groups in total. The van der Waals surface area contributed by atoms with Crippen molar-refractivity contribution >= 4 is 17.5 Å². The first kappa shape index (κ1) is 14.7. The Balaban J connectivity index is 1.92. The molecular formula is C17H20N2O4. The molecule has 1 saturated heterocycles. The van der Waals surface area contributed by atoms with Crippen LogP contribution in [0.15, 0.2) is 29.3 Å². The quantitative estimate of drug-likeness (QED) is 0.858. The van der Waals surface area contributed by atoms with E-state index in [1.165, 1.54) is 0 Å². The summed E-state index contributed by atoms with van der Waals surface area (Å²) < 4.78 is 12.1. The molecule has 1 spiro atoms. The van der Waals surface area contributed by atoms with Crippen LogP contribution >= 0.6 is 0 Å². The van der Waals surface area contributed by atoms with Crippen LogP contribution in [-0.4, -0.2) is 42.7 Å². The molecular weight excluding hydrogens is 296 g/mol. The second-order valence-electron chi connectivity index (χ2n) is 6.95. The second kappa shape index (κ2) is 4.79. The fourth-order valence-electron chi connectivity index (χ4n) is 3.71. The summed E-state index contributed by atoms with van der Waals surface area (Å²) in [4.78, 5) is 18.3. The molecule has 1 fully saturated rings. The summed E-state index contributed by atoms with van der Waals surface area (Å²) in [5, 5.41) is 9.59. The summed E-state index contributed by atoms with van der Waals surface area (Å²) in [5.74, 6) is -1.40. The number of ether oxygens (including phenoxy) is 2. The van der Waals surface area contributed by atoms with Crippen LogP contribution in [0.5, 0.6) is 0 Å². The van der Waals surface area contributed by atoms with E-state index < -0.39 is 23.2 Å². The van der Waals surface area contributed by atoms with E-state index in [9.17, 15) is 9.90 Å². The molecule has 1 aromatic carbocycles. The molecule has 3 heterocycles. The Morgan fingerprint density at radius 2 is 2.00 bits per heavy atom. The van der Waals surface area contributed by atoms with E-state index in [1.54, 1.807) is 0 Å². The molecule has 0 radical (unpaired) electrons. The van der Waals surface area contributed by atoms with Gasteiger partial charge in [-0.3, -0.25) is 4.99 Å². The highest BCUT2D eigenvalue weighted by molar-refractivity contribution is 6.11. The van der Waals surface area contributed by atoms with Crippen molar-refractivity contribution in [1.82, 2.24) is 0 Å². The van der Waals surface area contributed by atoms with Gasteiger partial charge in [-0.2, -0.15) is 0 Å². The van der Waals surface area contributed by atoms with Gasteiger partial charge in [-0.25, -0.2) is 4.79 Å². The monoisotopic (exact) mass is 316 g/mol. The van der Waals surface area contributed by atoms with Crippen LogP contribution in [0.3, 0.4) is 0 Å². The summed E-state index contributed by atoms with van der Waals surface area (Å²) in [6.07, 6.45) is 0.824. The van der Waals surface area contributed by atoms with Crippen molar-refractivity contribution in [2.75, 3.05) is 24.7 Å². The topological polar surface area (TPSA) is 71.4 Å². The standard InChI is InChI=1S/C17H20N2O4/c1-16(2)10-19-12-7-4-3-6-11(12)17(22-8-5-9-23-17)15(19)18-13(16)14(20)21/h3-4,6-7,13H,5,8-10H2,1-2H3,(H,20,21). The molecule has 4 rings (SSSR count). The van der Waals surface area contributed by atoms with E-state index in [-0.39, 0.29) is 0 Å². The molecule has 0 saturated carbocycles. The highest BCUT2D eigenvalue weighted by atomic mass is 16.7. The minimum atomic E-state index is -1.06. The Labute approximate surface area is 134 Å². The smallest absolute Gasteiger partial charge is 0.329 e. The van der Waals surface area contributed by atoms with Gasteiger partial charge in [-0.05, 0) is 12.5 Å². The zero-order chi connectivity index (χ0) is 16.2. The number of hydrogen-bond acceptors (Lipinski definition) is 5. The maximum absolute atomic E-state index is 11.7. The van der Waals surface area contributed by atoms with Crippen molar-refractivity contribution in [3.63, 3.8) is 0 Å². The van der Waals surface area contributed by atoms with Crippen molar-refractivity contribution < 1.29 is 19.4 Å². The van der Waals surface area contributed by atoms with Gasteiger partial charge in [-0.1, -0.05) is 32.0 Å². The Kier molecular flexibility index (Phi) is 3.05. The highest BCUT2D eigenvalue weighted by Gasteiger charge is 2.57. The average Bonchev–Trinajstić information content (AvgIpc) is 2.76. The van der Waals surface area contributed by atoms with Gasteiger partial charge in [0.2, 0.25) is 0 Å². The number of aliphatic carboxylic acids is 1. The van der Waals surface area contributed by atoms with E-state index in [0.29, 0.717) is 25.6 Å². The zero-order valence-electron chi connectivity index (χ0n) is 13.3. The first-order chi connectivity index (χ1) is 11.0. The molecule has 23 heavy (non-hydrogen) atoms. The summed E-state index contributed by atoms with van der Waals surface area (Å²) in [6, 6.07) is 7.09. The zero-order valence-corrected chi connectivity index (χ0v) is 13.3. The minimum Gasteiger partial charge on any atom is -0.480 e. The SMILES string of the molecule is CC1(C)CN2C(=NC1C(=O)O)C1(OCCCO1)c1ccccc12. The van der Waals surface area contributed by atoms with Gasteiger partial charge in [0.15, 0.2) is 11.9 Å². The lowest BCUT2D eigenvalue weighted by molar-refractivity contribution is -0.228. The van der Waals surface area contributed by atoms with E-state index in [2.05, 4.69) is 9.89 Å². The molecule has 0 aromatic heterocycles. The predicted octanol–water partition coefficient (Wildman–Crippen LogP) is 1.99. The van der Waals surface area contributed by atoms with Gasteiger partial charge in [0.1, 0.15) is 0 Å². The maximum Gasteiger partial charge on any atom is 0.329 e. The largest absolute Gasteiger partial charge is 0.480 e. The molecule has 6 nitrogen and oxygen atoms in total. The van der Waals surface area contributed by atoms with Crippen LogP contribution in [0.4, 0.5) is 5.69 Å². The van der Waals surface area contributed by atoms with Crippen molar-refractivity contribution in [2.45, 2.75) is 32.1 Å². The van der Waals surface area contributed by atoms with E-state index >= 15 is 0 Å². The van der Waals surface area contributed by atoms with Crippen LogP contribution < -0.4 is 4.90 Å². The predicted molar refractivity (Wildman–Crippen MR) is 84.6 cm³/mol. The molecule has 0 bridgehead atoms. The molecule has 1 aromatic rings. The molecule has 1 atom stereocenters. The van der Waals surface area contributed by atoms with Crippen molar-refractivity contribution in [1.29, 1.82) is 0 Å². The number of fused-ring (bicyclic) bond motifs is 5. The molecule has 0 aliphatic carbocycles. The van der Waals surface area contributed by atoms with Gasteiger partial charge in [0.05, 0.1) is 18.9 Å². The number of anilines is 1. The summed E-state index contributed by atoms with van der Waals surface area (Å²) >= 11 is 0. The minimum absolute atomic E-state index is 0.483. The van der Waals surface area contributed by atoms with Gasteiger partial charge < -0.3 is 19.5 Å². The van der Waals surface area contributed by atoms with E-state index in [0.717, 1.165) is 17.7 Å². The molecule has 3 aliphatic heterocycles. The maximum atomic E-state index is 11.7. The Morgan fingerprint density at radius 3 is 2.70 bits per heavy atom. The van der Waals surface area contributed by atoms with Gasteiger partial charge >= 0.3 is 5.97 Å². The molecule has 1 unspecified atom stereocenters. The number of rotatable bonds is 1. The average molecular weight is 316 g/mol. The van der Waals surface area contributed by atoms with Crippen molar-refractivity contribution in [2.24, 2.45) is 10.4 Å². The van der Waals surface area contributed by atoms with Gasteiger partial charge in [-0.15, -0.1) is 0 Å². The second-order valence-corrected chi connectivity index (χ2v) is 6.95. The first-order valence-corrected chi connectivity index (χ1v) is 7.92. The lowest BCUT2D eigenvalue weighted by Gasteiger charge is -2.42. The Bertz CT molecular complexity index is 692. The highest BCUT2D eigenvalue weighted by Crippen LogP contribution is 2.49. The third-order valence-corrected chi connectivity index (χ3v) is 4.79. The first-order valence-electron chi connectivity index (χ1n) is 7.92. The summed E-state index contributed by atoms with van der Waals surface area (Å²) in [6.45, 7) is 5.57. The molecule has 0 amide bonds. The fraction of sp³-hybridized carbons (Fsp3) is 0.529. The number of carboxylic acids is 1. The fourth-order valence-corrected chi connectivity index (χ4v) is 3.71. The lowest BCUT2D eigenvalue weighted by atomic mass is 9.82. The number of carboxylic acid groups (broad SMARTS) is 1. The van der Waals surface area contributed by atoms with Crippen LogP contribution in [0, 0.1) is 5.41 Å². The van der Waals surface area contributed by atoms with Crippen LogP contribution in [0.25, 0.3) is 0 Å². The summed E-state index contributed by atoms with van der Waals surface area (Å²) in [5.41, 5.74) is 1.42. The van der Waals surface area contributed by atoms with Gasteiger partial charge in [0.25, 0.3) is 5.79 Å². The van der Waals surface area contributed by atoms with Crippen LogP contribution in [-0.2, 0) is 20.1 Å². The lowest BCUT2D eigenvalue weighted by Crippen LogP contribution is -2.56. The number of nitrogens with zero attached hydrogens (tertiary/aromatic N) is 2. The normalized spacial score (nSPS) is 27.3. The van der Waals surface area contributed by atoms with Crippen LogP contribution in [0.2, 0.25) is 0 Å². The number of amidine groups is 1. The molecule has 6 heteroatoms. The van der Waals surface area contributed by atoms with E-state index in [1.807, 2.05) is 38.1 Å². The Hall–Kier alpha value is -1.92. The number of benzene rings is 1. The number of para-hydroxylation sites is 1. The number of aliphatic imine (C=N–C) groups is 1. The van der Waals surface area contributed by atoms with Crippen molar-refractivity contribution in [3.8, 4) is 0 Å². The Morgan fingerprint density at radius 1 is 1.30 bits per heavy atom. The van der Waals surface area contributed by atoms with E-state index in [4.69, 9.17) is 9.47 Å². The molecule has 122 valence electrons. The van der Waals surface area contributed by atoms with Crippen LogP contribution in [0.1, 0.15) is 25.8 Å². The third kappa shape index (κ3) is 1.95. The van der Waals surface area contributed by atoms with Crippen molar-refractivity contribution in [3.05, 3.63) is 29.8 Å². The summed E-state index contributed by atoms with van der Waals surface area (Å²) in [7, 11) is 0. The number of hydrogen-bond donors (Lipinski definition) is 1. The number of carbonyl (C=O) groups is 1. The van der Waals surface area contributed by atoms with Gasteiger partial charge in [0, 0.05) is 17.5 Å².